The van der Waals surface area contributed by atoms with Gasteiger partial charge in [0.15, 0.2) is 0 Å². The Hall–Kier alpha value is -1.39. The average molecular weight is 236 g/mol. The fourth-order valence-electron chi connectivity index (χ4n) is 2.36. The van der Waals surface area contributed by atoms with Crippen LogP contribution in [0.2, 0.25) is 0 Å². The van der Waals surface area contributed by atoms with Gasteiger partial charge in [-0.2, -0.15) is 0 Å². The van der Waals surface area contributed by atoms with Crippen LogP contribution >= 0.6 is 0 Å². The molecule has 1 aliphatic carbocycles. The summed E-state index contributed by atoms with van der Waals surface area (Å²) in [5.74, 6) is 0.892. The molecule has 0 spiro atoms. The maximum Gasteiger partial charge on any atom is 0.291 e. The number of carbonyl (C=O) groups is 1. The molecule has 1 fully saturated rings. The van der Waals surface area contributed by atoms with Crippen molar-refractivity contribution < 1.29 is 4.79 Å². The van der Waals surface area contributed by atoms with E-state index in [2.05, 4.69) is 34.3 Å². The summed E-state index contributed by atoms with van der Waals surface area (Å²) in [6.07, 6.45) is 6.29. The van der Waals surface area contributed by atoms with Gasteiger partial charge in [0.2, 0.25) is 5.82 Å². The van der Waals surface area contributed by atoms with E-state index in [0.29, 0.717) is 0 Å². The maximum absolute atomic E-state index is 12.0. The summed E-state index contributed by atoms with van der Waals surface area (Å²) >= 11 is 0. The number of nitrogens with zero attached hydrogens (tertiary/aromatic N) is 2. The summed E-state index contributed by atoms with van der Waals surface area (Å²) in [5.41, 5.74) is -0.0668. The molecular formula is C12H20N4O. The van der Waals surface area contributed by atoms with Gasteiger partial charge in [-0.25, -0.2) is 4.98 Å². The molecule has 1 aliphatic rings. The van der Waals surface area contributed by atoms with Crippen molar-refractivity contribution in [3.05, 3.63) is 11.6 Å². The van der Waals surface area contributed by atoms with Crippen LogP contribution in [0.4, 0.5) is 0 Å². The van der Waals surface area contributed by atoms with Crippen LogP contribution in [0, 0.1) is 0 Å². The van der Waals surface area contributed by atoms with Crippen LogP contribution in [0.3, 0.4) is 0 Å². The number of aryl methyl sites for hydroxylation is 1. The van der Waals surface area contributed by atoms with Crippen LogP contribution in [0.5, 0.6) is 0 Å². The first-order chi connectivity index (χ1) is 8.13. The first kappa shape index (κ1) is 12.1. The first-order valence-electron chi connectivity index (χ1n) is 6.37. The molecule has 0 aromatic carbocycles. The second-order valence-corrected chi connectivity index (χ2v) is 5.08. The molecule has 0 unspecified atom stereocenters. The molecule has 1 heterocycles. The Balaban J connectivity index is 1.98. The highest BCUT2D eigenvalue weighted by Crippen LogP contribution is 2.28. The van der Waals surface area contributed by atoms with Gasteiger partial charge in [0.1, 0.15) is 5.82 Å². The zero-order valence-corrected chi connectivity index (χ0v) is 10.5. The van der Waals surface area contributed by atoms with Crippen LogP contribution in [-0.2, 0) is 6.42 Å². The molecule has 94 valence electrons. The summed E-state index contributed by atoms with van der Waals surface area (Å²) in [7, 11) is 0. The lowest BCUT2D eigenvalue weighted by atomic mass is 10.0. The number of rotatable bonds is 4. The minimum Gasteiger partial charge on any atom is -0.344 e. The number of H-pyrrole nitrogens is 1. The van der Waals surface area contributed by atoms with Crippen molar-refractivity contribution in [3.8, 4) is 0 Å². The van der Waals surface area contributed by atoms with Crippen molar-refractivity contribution >= 4 is 5.91 Å². The second kappa shape index (κ2) is 4.85. The van der Waals surface area contributed by atoms with Crippen LogP contribution in [-0.4, -0.2) is 26.6 Å². The fourth-order valence-corrected chi connectivity index (χ4v) is 2.36. The summed E-state index contributed by atoms with van der Waals surface area (Å²) in [6, 6.07) is 0. The van der Waals surface area contributed by atoms with Gasteiger partial charge in [0, 0.05) is 12.0 Å². The van der Waals surface area contributed by atoms with E-state index in [9.17, 15) is 4.79 Å². The third-order valence-corrected chi connectivity index (χ3v) is 3.34. The van der Waals surface area contributed by atoms with Gasteiger partial charge in [-0.15, -0.1) is 5.10 Å². The summed E-state index contributed by atoms with van der Waals surface area (Å²) in [5, 5.41) is 9.81. The van der Waals surface area contributed by atoms with E-state index in [4.69, 9.17) is 0 Å². The van der Waals surface area contributed by atoms with Crippen LogP contribution in [0.15, 0.2) is 0 Å². The normalized spacial score (nSPS) is 18.2. The Morgan fingerprint density at radius 3 is 2.82 bits per heavy atom. The van der Waals surface area contributed by atoms with E-state index in [0.717, 1.165) is 31.5 Å². The lowest BCUT2D eigenvalue weighted by Gasteiger charge is -2.24. The average Bonchev–Trinajstić information content (AvgIpc) is 2.88. The monoisotopic (exact) mass is 236 g/mol. The van der Waals surface area contributed by atoms with Gasteiger partial charge in [0.25, 0.3) is 5.91 Å². The summed E-state index contributed by atoms with van der Waals surface area (Å²) in [4.78, 5) is 16.2. The predicted octanol–water partition coefficient (Wildman–Crippen LogP) is 1.82. The second-order valence-electron chi connectivity index (χ2n) is 5.08. The summed E-state index contributed by atoms with van der Waals surface area (Å²) < 4.78 is 0. The van der Waals surface area contributed by atoms with E-state index < -0.39 is 0 Å². The molecule has 1 aromatic rings. The van der Waals surface area contributed by atoms with E-state index >= 15 is 0 Å². The molecule has 0 aliphatic heterocycles. The molecule has 17 heavy (non-hydrogen) atoms. The number of hydrogen-bond donors (Lipinski definition) is 2. The van der Waals surface area contributed by atoms with Gasteiger partial charge in [0.05, 0.1) is 0 Å². The highest BCUT2D eigenvalue weighted by molar-refractivity contribution is 5.90. The highest BCUT2D eigenvalue weighted by Gasteiger charge is 2.31. The third-order valence-electron chi connectivity index (χ3n) is 3.34. The molecule has 2 N–H and O–H groups in total. The molecule has 0 saturated heterocycles. The van der Waals surface area contributed by atoms with Crippen LogP contribution in [0.1, 0.15) is 62.4 Å². The fraction of sp³-hybridized carbons (Fsp3) is 0.750. The number of hydrogen-bond acceptors (Lipinski definition) is 3. The predicted molar refractivity (Wildman–Crippen MR) is 64.7 cm³/mol. The van der Waals surface area contributed by atoms with Gasteiger partial charge >= 0.3 is 0 Å². The van der Waals surface area contributed by atoms with Crippen molar-refractivity contribution in [3.63, 3.8) is 0 Å². The number of aromatic amines is 1. The van der Waals surface area contributed by atoms with Crippen molar-refractivity contribution in [2.45, 2.75) is 57.9 Å². The SMILES string of the molecule is CCCc1nc(C(=O)NC2(C)CCCC2)n[nH]1. The molecule has 1 amide bonds. The van der Waals surface area contributed by atoms with E-state index in [1.165, 1.54) is 12.8 Å². The largest absolute Gasteiger partial charge is 0.344 e. The Morgan fingerprint density at radius 1 is 1.47 bits per heavy atom. The molecule has 5 heteroatoms. The van der Waals surface area contributed by atoms with Crippen molar-refractivity contribution in [2.24, 2.45) is 0 Å². The molecule has 0 bridgehead atoms. The van der Waals surface area contributed by atoms with Crippen molar-refractivity contribution in [1.29, 1.82) is 0 Å². The molecule has 5 nitrogen and oxygen atoms in total. The maximum atomic E-state index is 12.0. The van der Waals surface area contributed by atoms with E-state index in [1.54, 1.807) is 0 Å². The quantitative estimate of drug-likeness (QED) is 0.837. The zero-order chi connectivity index (χ0) is 12.3. The number of nitrogens with one attached hydrogen (secondary N) is 2. The highest BCUT2D eigenvalue weighted by atomic mass is 16.2. The Labute approximate surface area is 101 Å². The minimum absolute atomic E-state index is 0.0668. The molecular weight excluding hydrogens is 216 g/mol. The first-order valence-corrected chi connectivity index (χ1v) is 6.37. The van der Waals surface area contributed by atoms with E-state index in [1.807, 2.05) is 0 Å². The topological polar surface area (TPSA) is 70.7 Å². The smallest absolute Gasteiger partial charge is 0.291 e. The molecule has 1 aromatic heterocycles. The van der Waals surface area contributed by atoms with Gasteiger partial charge in [-0.3, -0.25) is 9.89 Å². The Morgan fingerprint density at radius 2 is 2.18 bits per heavy atom. The minimum atomic E-state index is -0.159. The standard InChI is InChI=1S/C12H20N4O/c1-3-6-9-13-10(16-15-9)11(17)14-12(2)7-4-5-8-12/h3-8H2,1-2H3,(H,14,17)(H,13,15,16). The lowest BCUT2D eigenvalue weighted by molar-refractivity contribution is 0.0897. The zero-order valence-electron chi connectivity index (χ0n) is 10.5. The summed E-state index contributed by atoms with van der Waals surface area (Å²) in [6.45, 7) is 4.17. The number of aromatic nitrogens is 3. The van der Waals surface area contributed by atoms with Crippen molar-refractivity contribution in [1.82, 2.24) is 20.5 Å². The van der Waals surface area contributed by atoms with Gasteiger partial charge in [-0.1, -0.05) is 19.8 Å². The van der Waals surface area contributed by atoms with Crippen LogP contribution in [0.25, 0.3) is 0 Å². The van der Waals surface area contributed by atoms with Crippen molar-refractivity contribution in [2.75, 3.05) is 0 Å². The Kier molecular flexibility index (Phi) is 3.45. The number of carbonyl (C=O) groups excluding carboxylic acids is 1. The van der Waals surface area contributed by atoms with Crippen LogP contribution < -0.4 is 5.32 Å². The molecule has 2 rings (SSSR count). The van der Waals surface area contributed by atoms with Gasteiger partial charge < -0.3 is 5.32 Å². The van der Waals surface area contributed by atoms with E-state index in [-0.39, 0.29) is 17.3 Å². The number of amides is 1. The third kappa shape index (κ3) is 2.84. The van der Waals surface area contributed by atoms with Gasteiger partial charge in [-0.05, 0) is 26.2 Å². The molecule has 0 radical (unpaired) electrons. The Bertz CT molecular complexity index is 393. The molecule has 0 atom stereocenters. The lowest BCUT2D eigenvalue weighted by Crippen LogP contribution is -2.44. The molecule has 1 saturated carbocycles.